The molecule has 26 heavy (non-hydrogen) atoms. The van der Waals surface area contributed by atoms with Gasteiger partial charge < -0.3 is 4.90 Å². The maximum absolute atomic E-state index is 5.91. The molecule has 0 bridgehead atoms. The van der Waals surface area contributed by atoms with Crippen LogP contribution in [0.4, 0.5) is 5.82 Å². The summed E-state index contributed by atoms with van der Waals surface area (Å²) in [6.07, 6.45) is 7.24. The lowest BCUT2D eigenvalue weighted by molar-refractivity contribution is 0.249. The van der Waals surface area contributed by atoms with Crippen LogP contribution < -0.4 is 4.90 Å². The minimum atomic E-state index is 0.660. The van der Waals surface area contributed by atoms with Crippen molar-refractivity contribution in [2.75, 3.05) is 31.1 Å². The molecular weight excluding hydrogens is 348 g/mol. The van der Waals surface area contributed by atoms with Crippen molar-refractivity contribution < 1.29 is 0 Å². The van der Waals surface area contributed by atoms with Gasteiger partial charge in [0.1, 0.15) is 11.5 Å². The number of nitrogens with zero attached hydrogens (tertiary/aromatic N) is 6. The summed E-state index contributed by atoms with van der Waals surface area (Å²) in [5, 5.41) is 0.668. The molecule has 7 heteroatoms. The number of anilines is 1. The molecule has 0 unspecified atom stereocenters. The van der Waals surface area contributed by atoms with Crippen LogP contribution in [-0.4, -0.2) is 51.0 Å². The van der Waals surface area contributed by atoms with Crippen LogP contribution in [0, 0.1) is 0 Å². The molecule has 0 radical (unpaired) electrons. The fraction of sp³-hybridized carbons (Fsp3) is 0.263. The van der Waals surface area contributed by atoms with Gasteiger partial charge in [0.05, 0.1) is 5.02 Å². The summed E-state index contributed by atoms with van der Waals surface area (Å²) in [4.78, 5) is 22.3. The van der Waals surface area contributed by atoms with Crippen molar-refractivity contribution >= 4 is 17.4 Å². The van der Waals surface area contributed by atoms with Gasteiger partial charge in [-0.15, -0.1) is 0 Å². The van der Waals surface area contributed by atoms with Crippen LogP contribution in [-0.2, 0) is 6.54 Å². The SMILES string of the molecule is Clc1ccc(N2CCN(Cc3cnc(-c4ccccn4)nc3)CC2)nc1. The van der Waals surface area contributed by atoms with Crippen molar-refractivity contribution in [1.82, 2.24) is 24.8 Å². The van der Waals surface area contributed by atoms with Gasteiger partial charge in [-0.05, 0) is 24.3 Å². The molecule has 6 nitrogen and oxygen atoms in total. The van der Waals surface area contributed by atoms with Crippen LogP contribution in [0.5, 0.6) is 0 Å². The van der Waals surface area contributed by atoms with Gasteiger partial charge in [0.2, 0.25) is 0 Å². The summed E-state index contributed by atoms with van der Waals surface area (Å²) >= 11 is 5.91. The first-order chi connectivity index (χ1) is 12.8. The van der Waals surface area contributed by atoms with Crippen molar-refractivity contribution in [3.05, 3.63) is 65.7 Å². The van der Waals surface area contributed by atoms with Crippen LogP contribution in [0.15, 0.2) is 55.1 Å². The molecule has 1 fully saturated rings. The van der Waals surface area contributed by atoms with E-state index in [1.807, 2.05) is 42.7 Å². The Bertz CT molecular complexity index is 830. The number of halogens is 1. The second kappa shape index (κ2) is 7.76. The second-order valence-corrected chi connectivity index (χ2v) is 6.66. The Morgan fingerprint density at radius 1 is 0.846 bits per heavy atom. The molecule has 132 valence electrons. The number of rotatable bonds is 4. The van der Waals surface area contributed by atoms with Crippen molar-refractivity contribution in [3.63, 3.8) is 0 Å². The lowest BCUT2D eigenvalue weighted by Crippen LogP contribution is -2.46. The molecule has 3 aromatic rings. The molecule has 0 aromatic carbocycles. The van der Waals surface area contributed by atoms with E-state index in [4.69, 9.17) is 11.6 Å². The first-order valence-electron chi connectivity index (χ1n) is 8.59. The fourth-order valence-corrected chi connectivity index (χ4v) is 3.12. The number of pyridine rings is 2. The van der Waals surface area contributed by atoms with Gasteiger partial charge in [-0.3, -0.25) is 9.88 Å². The van der Waals surface area contributed by atoms with Crippen molar-refractivity contribution in [3.8, 4) is 11.5 Å². The van der Waals surface area contributed by atoms with Gasteiger partial charge in [0.15, 0.2) is 5.82 Å². The molecule has 1 aliphatic rings. The monoisotopic (exact) mass is 366 g/mol. The van der Waals surface area contributed by atoms with E-state index in [2.05, 4.69) is 29.7 Å². The van der Waals surface area contributed by atoms with E-state index in [9.17, 15) is 0 Å². The van der Waals surface area contributed by atoms with Crippen LogP contribution in [0.1, 0.15) is 5.56 Å². The Morgan fingerprint density at radius 2 is 1.65 bits per heavy atom. The van der Waals surface area contributed by atoms with Gasteiger partial charge in [0.25, 0.3) is 0 Å². The van der Waals surface area contributed by atoms with Crippen molar-refractivity contribution in [2.24, 2.45) is 0 Å². The van der Waals surface area contributed by atoms with E-state index >= 15 is 0 Å². The molecular formula is C19H19ClN6. The van der Waals surface area contributed by atoms with Crippen LogP contribution in [0.2, 0.25) is 5.02 Å². The molecule has 4 heterocycles. The van der Waals surface area contributed by atoms with E-state index < -0.39 is 0 Å². The number of hydrogen-bond donors (Lipinski definition) is 0. The Labute approximate surface area is 157 Å². The first kappa shape index (κ1) is 16.9. The molecule has 1 aliphatic heterocycles. The molecule has 0 spiro atoms. The summed E-state index contributed by atoms with van der Waals surface area (Å²) in [7, 11) is 0. The second-order valence-electron chi connectivity index (χ2n) is 6.23. The molecule has 1 saturated heterocycles. The maximum atomic E-state index is 5.91. The third-order valence-corrected chi connectivity index (χ3v) is 4.64. The average Bonchev–Trinajstić information content (AvgIpc) is 2.71. The van der Waals surface area contributed by atoms with Crippen LogP contribution in [0.3, 0.4) is 0 Å². The summed E-state index contributed by atoms with van der Waals surface area (Å²) < 4.78 is 0. The van der Waals surface area contributed by atoms with Gasteiger partial charge in [-0.1, -0.05) is 17.7 Å². The Balaban J connectivity index is 1.33. The number of piperazine rings is 1. The molecule has 0 atom stereocenters. The third-order valence-electron chi connectivity index (χ3n) is 4.41. The third kappa shape index (κ3) is 3.98. The highest BCUT2D eigenvalue weighted by Crippen LogP contribution is 2.17. The predicted molar refractivity (Wildman–Crippen MR) is 102 cm³/mol. The molecule has 0 saturated carbocycles. The van der Waals surface area contributed by atoms with Crippen molar-refractivity contribution in [2.45, 2.75) is 6.54 Å². The Kier molecular flexibility index (Phi) is 5.04. The van der Waals surface area contributed by atoms with Crippen LogP contribution >= 0.6 is 11.6 Å². The lowest BCUT2D eigenvalue weighted by Gasteiger charge is -2.35. The molecule has 0 amide bonds. The zero-order chi connectivity index (χ0) is 17.8. The summed E-state index contributed by atoms with van der Waals surface area (Å²) in [5.74, 6) is 1.64. The zero-order valence-electron chi connectivity index (χ0n) is 14.3. The van der Waals surface area contributed by atoms with Gasteiger partial charge in [0, 0.05) is 63.1 Å². The molecule has 0 aliphatic carbocycles. The number of aromatic nitrogens is 4. The van der Waals surface area contributed by atoms with E-state index in [0.717, 1.165) is 49.8 Å². The molecule has 4 rings (SSSR count). The minimum absolute atomic E-state index is 0.660. The highest BCUT2D eigenvalue weighted by Gasteiger charge is 2.18. The fourth-order valence-electron chi connectivity index (χ4n) is 3.01. The highest BCUT2D eigenvalue weighted by molar-refractivity contribution is 6.30. The standard InChI is InChI=1S/C19H19ClN6/c20-16-4-5-18(22-13-16)26-9-7-25(8-10-26)14-15-11-23-19(24-12-15)17-3-1-2-6-21-17/h1-6,11-13H,7-10,14H2. The van der Waals surface area contributed by atoms with Gasteiger partial charge in [-0.2, -0.15) is 0 Å². The number of hydrogen-bond acceptors (Lipinski definition) is 6. The summed E-state index contributed by atoms with van der Waals surface area (Å²) in [6, 6.07) is 9.60. The van der Waals surface area contributed by atoms with E-state index in [-0.39, 0.29) is 0 Å². The normalized spacial score (nSPS) is 15.2. The van der Waals surface area contributed by atoms with E-state index in [1.54, 1.807) is 12.4 Å². The minimum Gasteiger partial charge on any atom is -0.354 e. The van der Waals surface area contributed by atoms with Crippen LogP contribution in [0.25, 0.3) is 11.5 Å². The average molecular weight is 367 g/mol. The summed E-state index contributed by atoms with van der Waals surface area (Å²) in [6.45, 7) is 4.70. The molecule has 3 aromatic heterocycles. The Morgan fingerprint density at radius 3 is 2.31 bits per heavy atom. The van der Waals surface area contributed by atoms with Gasteiger partial charge >= 0.3 is 0 Å². The predicted octanol–water partition coefficient (Wildman–Crippen LogP) is 2.91. The topological polar surface area (TPSA) is 58.0 Å². The largest absolute Gasteiger partial charge is 0.354 e. The quantitative estimate of drug-likeness (QED) is 0.707. The van der Waals surface area contributed by atoms with E-state index in [1.165, 1.54) is 0 Å². The van der Waals surface area contributed by atoms with E-state index in [0.29, 0.717) is 10.8 Å². The van der Waals surface area contributed by atoms with Crippen molar-refractivity contribution in [1.29, 1.82) is 0 Å². The maximum Gasteiger partial charge on any atom is 0.178 e. The smallest absolute Gasteiger partial charge is 0.178 e. The lowest BCUT2D eigenvalue weighted by atomic mass is 10.2. The summed E-state index contributed by atoms with van der Waals surface area (Å²) in [5.41, 5.74) is 1.91. The molecule has 0 N–H and O–H groups in total. The highest BCUT2D eigenvalue weighted by atomic mass is 35.5. The first-order valence-corrected chi connectivity index (χ1v) is 8.97. The zero-order valence-corrected chi connectivity index (χ0v) is 15.0. The van der Waals surface area contributed by atoms with Gasteiger partial charge in [-0.25, -0.2) is 15.0 Å². The Hall–Kier alpha value is -2.57.